The third kappa shape index (κ3) is 7.89. The molecule has 61 heavy (non-hydrogen) atoms. The zero-order valence-electron chi connectivity index (χ0n) is 33.4. The fourth-order valence-electron chi connectivity index (χ4n) is 10.1. The third-order valence-corrected chi connectivity index (χ3v) is 13.3. The number of ether oxygens (including phenoxy) is 1. The Morgan fingerprint density at radius 3 is 2.13 bits per heavy atom. The first-order valence-electron chi connectivity index (χ1n) is 21.0. The summed E-state index contributed by atoms with van der Waals surface area (Å²) in [6, 6.07) is 14.2. The summed E-state index contributed by atoms with van der Waals surface area (Å²) in [5.41, 5.74) is 1.29. The number of aromatic nitrogens is 1. The molecule has 5 fully saturated rings. The zero-order valence-corrected chi connectivity index (χ0v) is 33.4. The van der Waals surface area contributed by atoms with E-state index in [2.05, 4.69) is 25.0 Å². The summed E-state index contributed by atoms with van der Waals surface area (Å²) in [4.78, 5) is 78.0. The average Bonchev–Trinajstić information content (AvgIpc) is 3.67. The number of carbonyl (C=O) groups excluding carboxylic acids is 5. The van der Waals surface area contributed by atoms with Crippen molar-refractivity contribution >= 4 is 40.9 Å². The van der Waals surface area contributed by atoms with Crippen LogP contribution >= 0.6 is 0 Å². The molecule has 1 aromatic heterocycles. The number of rotatable bonds is 8. The lowest BCUT2D eigenvalue weighted by Crippen LogP contribution is -2.54. The molecule has 5 amide bonds. The van der Waals surface area contributed by atoms with E-state index in [-0.39, 0.29) is 48.2 Å². The highest BCUT2D eigenvalue weighted by molar-refractivity contribution is 6.23. The first-order valence-corrected chi connectivity index (χ1v) is 21.0. The lowest BCUT2D eigenvalue weighted by molar-refractivity contribution is -0.138. The van der Waals surface area contributed by atoms with Gasteiger partial charge in [-0.25, -0.2) is 4.98 Å². The van der Waals surface area contributed by atoms with Crippen LogP contribution in [0.1, 0.15) is 93.7 Å². The van der Waals surface area contributed by atoms with Crippen LogP contribution in [-0.4, -0.2) is 119 Å². The summed E-state index contributed by atoms with van der Waals surface area (Å²) < 4.78 is 46.4. The normalized spacial score (nSPS) is 24.8. The van der Waals surface area contributed by atoms with Crippen molar-refractivity contribution in [2.24, 2.45) is 5.92 Å². The van der Waals surface area contributed by atoms with Gasteiger partial charge < -0.3 is 19.4 Å². The maximum Gasteiger partial charge on any atom is 0.419 e. The Balaban J connectivity index is 0.731. The first-order chi connectivity index (χ1) is 29.3. The predicted molar refractivity (Wildman–Crippen MR) is 214 cm³/mol. The molecular weight excluding hydrogens is 794 g/mol. The van der Waals surface area contributed by atoms with Gasteiger partial charge in [0.2, 0.25) is 11.8 Å². The Hall–Kier alpha value is -6.02. The Kier molecular flexibility index (Phi) is 10.7. The number of carbonyl (C=O) groups is 5. The van der Waals surface area contributed by atoms with Crippen LogP contribution in [0.3, 0.4) is 0 Å². The second-order valence-corrected chi connectivity index (χ2v) is 16.9. The number of nitrogens with one attached hydrogen (secondary N) is 1. The molecular formula is C44H45F3N8O6. The van der Waals surface area contributed by atoms with Gasteiger partial charge in [-0.1, -0.05) is 0 Å². The molecule has 6 aliphatic heterocycles. The molecule has 3 aromatic rings. The Morgan fingerprint density at radius 2 is 1.48 bits per heavy atom. The Bertz CT molecular complexity index is 2290. The number of amides is 5. The maximum atomic E-state index is 13.8. The average molecular weight is 839 g/mol. The molecule has 17 heteroatoms. The van der Waals surface area contributed by atoms with E-state index in [1.54, 1.807) is 12.1 Å². The minimum atomic E-state index is -4.73. The number of pyridine rings is 1. The highest BCUT2D eigenvalue weighted by Crippen LogP contribution is 2.40. The number of hydrogen-bond acceptors (Lipinski definition) is 11. The number of imide groups is 2. The van der Waals surface area contributed by atoms with E-state index in [9.17, 15) is 37.1 Å². The van der Waals surface area contributed by atoms with Gasteiger partial charge in [0, 0.05) is 94.1 Å². The zero-order chi connectivity index (χ0) is 42.6. The van der Waals surface area contributed by atoms with Crippen LogP contribution in [0.4, 0.5) is 24.5 Å². The number of benzene rings is 2. The Morgan fingerprint density at radius 1 is 0.820 bits per heavy atom. The van der Waals surface area contributed by atoms with Gasteiger partial charge in [0.1, 0.15) is 24.0 Å². The van der Waals surface area contributed by atoms with Gasteiger partial charge >= 0.3 is 6.18 Å². The highest BCUT2D eigenvalue weighted by atomic mass is 19.4. The fourth-order valence-corrected chi connectivity index (χ4v) is 10.1. The molecule has 14 nitrogen and oxygen atoms in total. The van der Waals surface area contributed by atoms with Gasteiger partial charge in [0.15, 0.2) is 5.69 Å². The summed E-state index contributed by atoms with van der Waals surface area (Å²) in [6.45, 7) is 6.20. The van der Waals surface area contributed by atoms with Crippen LogP contribution in [0, 0.1) is 17.2 Å². The number of alkyl halides is 3. The maximum absolute atomic E-state index is 13.8. The van der Waals surface area contributed by atoms with Crippen molar-refractivity contribution in [3.8, 4) is 11.8 Å². The summed E-state index contributed by atoms with van der Waals surface area (Å²) >= 11 is 0. The van der Waals surface area contributed by atoms with E-state index in [0.717, 1.165) is 100 Å². The van der Waals surface area contributed by atoms with Crippen molar-refractivity contribution in [2.75, 3.05) is 55.6 Å². The van der Waals surface area contributed by atoms with Crippen molar-refractivity contribution in [1.29, 1.82) is 5.26 Å². The Labute approximate surface area is 350 Å². The molecule has 2 bridgehead atoms. The van der Waals surface area contributed by atoms with Gasteiger partial charge in [0.25, 0.3) is 17.7 Å². The topological polar surface area (TPSA) is 159 Å². The third-order valence-electron chi connectivity index (χ3n) is 13.3. The van der Waals surface area contributed by atoms with Crippen LogP contribution in [0.2, 0.25) is 0 Å². The van der Waals surface area contributed by atoms with E-state index in [1.165, 1.54) is 6.07 Å². The standard InChI is InChI=1S/C44H45F3N8O6/c45-44(46,47)36-22-33(24-49-37(36)23-48)61-32-19-30-5-6-31(20-32)54(30)41(58)27-1-3-28(4-2-27)53-17-15-51(16-18-53)25-26-11-13-52(14-12-26)29-7-8-34-35(21-29)43(60)55(42(34)59)38-9-10-39(56)50-40(38)57/h1-4,7-8,21-22,24,26,30-32,38H,5-6,9-20,25H2,(H,50,56,57). The molecule has 0 spiro atoms. The van der Waals surface area contributed by atoms with Crippen molar-refractivity contribution in [1.82, 2.24) is 25.0 Å². The van der Waals surface area contributed by atoms with Gasteiger partial charge in [0.05, 0.1) is 22.9 Å². The van der Waals surface area contributed by atoms with E-state index in [1.807, 2.05) is 35.2 Å². The molecule has 0 saturated carbocycles. The van der Waals surface area contributed by atoms with Gasteiger partial charge in [-0.3, -0.25) is 39.1 Å². The van der Waals surface area contributed by atoms with Gasteiger partial charge in [-0.05, 0) is 86.6 Å². The second kappa shape index (κ2) is 16.1. The molecule has 1 N–H and O–H groups in total. The first kappa shape index (κ1) is 40.4. The summed E-state index contributed by atoms with van der Waals surface area (Å²) in [5, 5.41) is 11.3. The molecule has 7 heterocycles. The molecule has 3 unspecified atom stereocenters. The quantitative estimate of drug-likeness (QED) is 0.316. The summed E-state index contributed by atoms with van der Waals surface area (Å²) in [6.07, 6.45) is 0.832. The molecule has 9 rings (SSSR count). The number of halogens is 3. The number of nitrogens with zero attached hydrogens (tertiary/aromatic N) is 7. The number of fused-ring (bicyclic) bond motifs is 3. The van der Waals surface area contributed by atoms with E-state index < -0.39 is 47.1 Å². The number of hydrogen-bond donors (Lipinski definition) is 1. The molecule has 2 aromatic carbocycles. The molecule has 0 aliphatic carbocycles. The minimum Gasteiger partial charge on any atom is -0.489 e. The van der Waals surface area contributed by atoms with Crippen molar-refractivity contribution in [3.05, 3.63) is 82.7 Å². The molecule has 6 aliphatic rings. The van der Waals surface area contributed by atoms with Crippen LogP contribution in [0.15, 0.2) is 54.7 Å². The van der Waals surface area contributed by atoms with Crippen molar-refractivity contribution < 1.29 is 41.9 Å². The number of anilines is 2. The van der Waals surface area contributed by atoms with Crippen LogP contribution in [-0.2, 0) is 15.8 Å². The monoisotopic (exact) mass is 838 g/mol. The number of piperidine rings is 3. The van der Waals surface area contributed by atoms with Crippen molar-refractivity contribution in [2.45, 2.75) is 81.8 Å². The molecule has 318 valence electrons. The smallest absolute Gasteiger partial charge is 0.419 e. The van der Waals surface area contributed by atoms with E-state index in [4.69, 9.17) is 10.00 Å². The van der Waals surface area contributed by atoms with E-state index in [0.29, 0.717) is 29.9 Å². The molecule has 3 atom stereocenters. The van der Waals surface area contributed by atoms with Crippen molar-refractivity contribution in [3.63, 3.8) is 0 Å². The lowest BCUT2D eigenvalue weighted by Gasteiger charge is -2.40. The highest BCUT2D eigenvalue weighted by Gasteiger charge is 2.46. The summed E-state index contributed by atoms with van der Waals surface area (Å²) in [7, 11) is 0. The van der Waals surface area contributed by atoms with E-state index >= 15 is 0 Å². The predicted octanol–water partition coefficient (Wildman–Crippen LogP) is 4.63. The van der Waals surface area contributed by atoms with Crippen LogP contribution in [0.25, 0.3) is 0 Å². The van der Waals surface area contributed by atoms with Gasteiger partial charge in [-0.15, -0.1) is 0 Å². The number of nitriles is 1. The summed E-state index contributed by atoms with van der Waals surface area (Å²) in [5.74, 6) is -1.60. The molecule has 0 radical (unpaired) electrons. The fraction of sp³-hybridized carbons (Fsp3) is 0.477. The lowest BCUT2D eigenvalue weighted by atomic mass is 9.95. The second-order valence-electron chi connectivity index (χ2n) is 16.9. The molecule has 5 saturated heterocycles. The largest absolute Gasteiger partial charge is 0.489 e. The SMILES string of the molecule is N#Cc1ncc(OC2CC3CCC(C2)N3C(=O)c2ccc(N3CCN(CC4CCN(c5ccc6c(c5)C(=O)N(C5CCC(=O)NC5=O)C6=O)CC4)CC3)cc2)cc1C(F)(F)F. The minimum absolute atomic E-state index is 0.0369. The van der Waals surface area contributed by atoms with Gasteiger partial charge in [-0.2, -0.15) is 18.4 Å². The van der Waals surface area contributed by atoms with Crippen LogP contribution in [0.5, 0.6) is 5.75 Å². The van der Waals surface area contributed by atoms with Crippen LogP contribution < -0.4 is 19.9 Å². The number of piperazine rings is 1.